The summed E-state index contributed by atoms with van der Waals surface area (Å²) in [6.07, 6.45) is 6.55. The molecule has 0 amide bonds. The highest BCUT2D eigenvalue weighted by molar-refractivity contribution is 7.82. The monoisotopic (exact) mass is 196 g/mol. The molecule has 1 heteroatoms. The molecular weight excluding hydrogens is 176 g/mol. The van der Waals surface area contributed by atoms with Gasteiger partial charge in [-0.1, -0.05) is 51.5 Å². The third-order valence-corrected chi connectivity index (χ3v) is 3.45. The molecule has 0 nitrogen and oxygen atoms in total. The van der Waals surface area contributed by atoms with Gasteiger partial charge in [0.1, 0.15) is 0 Å². The van der Waals surface area contributed by atoms with E-state index in [2.05, 4.69) is 65.5 Å². The van der Waals surface area contributed by atoms with E-state index in [0.29, 0.717) is 5.92 Å². The predicted molar refractivity (Wildman–Crippen MR) is 63.2 cm³/mol. The smallest absolute Gasteiger partial charge is 0.0346 e. The van der Waals surface area contributed by atoms with Crippen LogP contribution in [0.3, 0.4) is 0 Å². The second-order valence-electron chi connectivity index (χ2n) is 5.18. The van der Waals surface area contributed by atoms with Gasteiger partial charge in [-0.3, -0.25) is 0 Å². The number of hydrogen-bond donors (Lipinski definition) is 1. The highest BCUT2D eigenvalue weighted by Gasteiger charge is 2.33. The Morgan fingerprint density at radius 1 is 1.38 bits per heavy atom. The van der Waals surface area contributed by atoms with Crippen molar-refractivity contribution in [1.29, 1.82) is 0 Å². The molecule has 0 heterocycles. The van der Waals surface area contributed by atoms with Crippen LogP contribution in [0.15, 0.2) is 23.8 Å². The summed E-state index contributed by atoms with van der Waals surface area (Å²) in [5.74, 6) is 0.515. The van der Waals surface area contributed by atoms with Gasteiger partial charge in [0.15, 0.2) is 0 Å². The van der Waals surface area contributed by atoms with Crippen molar-refractivity contribution >= 4 is 12.6 Å². The molecule has 2 atom stereocenters. The van der Waals surface area contributed by atoms with E-state index in [1.165, 1.54) is 5.57 Å². The quantitative estimate of drug-likeness (QED) is 0.559. The molecule has 0 N–H and O–H groups in total. The minimum absolute atomic E-state index is 0.0113. The van der Waals surface area contributed by atoms with E-state index >= 15 is 0 Å². The van der Waals surface area contributed by atoms with Gasteiger partial charge in [0.25, 0.3) is 0 Å². The maximum Gasteiger partial charge on any atom is 0.0346 e. The molecule has 1 aliphatic rings. The summed E-state index contributed by atoms with van der Waals surface area (Å²) in [6, 6.07) is 0. The first-order valence-electron chi connectivity index (χ1n) is 4.87. The number of hydrogen-bond acceptors (Lipinski definition) is 1. The third kappa shape index (κ3) is 2.19. The van der Waals surface area contributed by atoms with E-state index in [1.54, 1.807) is 0 Å². The van der Waals surface area contributed by atoms with Crippen LogP contribution in [0.1, 0.15) is 34.6 Å². The molecule has 0 aromatic rings. The minimum atomic E-state index is 0.0113. The Kier molecular flexibility index (Phi) is 2.68. The zero-order valence-electron chi connectivity index (χ0n) is 9.26. The summed E-state index contributed by atoms with van der Waals surface area (Å²) >= 11 is 4.68. The molecule has 1 rings (SSSR count). The van der Waals surface area contributed by atoms with Crippen molar-refractivity contribution in [1.82, 2.24) is 0 Å². The van der Waals surface area contributed by atoms with Gasteiger partial charge in [-0.15, -0.1) is 0 Å². The van der Waals surface area contributed by atoms with Crippen LogP contribution in [0.5, 0.6) is 0 Å². The Balaban J connectivity index is 3.02. The van der Waals surface area contributed by atoms with Crippen molar-refractivity contribution in [3.63, 3.8) is 0 Å². The molecule has 13 heavy (non-hydrogen) atoms. The molecule has 1 aliphatic carbocycles. The first-order valence-corrected chi connectivity index (χ1v) is 5.32. The lowest BCUT2D eigenvalue weighted by Gasteiger charge is -2.38. The van der Waals surface area contributed by atoms with Crippen molar-refractivity contribution < 1.29 is 0 Å². The van der Waals surface area contributed by atoms with Crippen molar-refractivity contribution in [3.8, 4) is 0 Å². The highest BCUT2D eigenvalue weighted by atomic mass is 32.1. The van der Waals surface area contributed by atoms with Crippen LogP contribution in [0.4, 0.5) is 0 Å². The fraction of sp³-hybridized carbons (Fsp3) is 0.667. The van der Waals surface area contributed by atoms with Gasteiger partial charge in [0.05, 0.1) is 0 Å². The standard InChI is InChI=1S/C12H20S/c1-9-10(11(2,3)4)7-6-8-12(9,5)13/h6-9,13H,1-5H3. The largest absolute Gasteiger partial charge is 0.168 e. The molecular formula is C12H20S. The maximum absolute atomic E-state index is 4.68. The molecule has 0 aromatic carbocycles. The molecule has 0 radical (unpaired) electrons. The lowest BCUT2D eigenvalue weighted by Crippen LogP contribution is -2.32. The van der Waals surface area contributed by atoms with Gasteiger partial charge in [0, 0.05) is 4.75 Å². The molecule has 0 fully saturated rings. The number of rotatable bonds is 0. The average molecular weight is 196 g/mol. The van der Waals surface area contributed by atoms with E-state index in [9.17, 15) is 0 Å². The second-order valence-corrected chi connectivity index (χ2v) is 6.14. The van der Waals surface area contributed by atoms with Crippen molar-refractivity contribution in [2.45, 2.75) is 39.4 Å². The lowest BCUT2D eigenvalue weighted by molar-refractivity contribution is 0.407. The highest BCUT2D eigenvalue weighted by Crippen LogP contribution is 2.42. The summed E-state index contributed by atoms with van der Waals surface area (Å²) in [4.78, 5) is 0. The SMILES string of the molecule is CC1C(C(C)(C)C)=CC=CC1(C)S. The lowest BCUT2D eigenvalue weighted by atomic mass is 9.72. The van der Waals surface area contributed by atoms with E-state index in [4.69, 9.17) is 0 Å². The van der Waals surface area contributed by atoms with Crippen LogP contribution in [0.25, 0.3) is 0 Å². The van der Waals surface area contributed by atoms with Crippen LogP contribution in [-0.2, 0) is 0 Å². The summed E-state index contributed by atoms with van der Waals surface area (Å²) in [5.41, 5.74) is 1.75. The molecule has 0 spiro atoms. The zero-order valence-corrected chi connectivity index (χ0v) is 10.2. The van der Waals surface area contributed by atoms with Gasteiger partial charge >= 0.3 is 0 Å². The second kappa shape index (κ2) is 3.20. The van der Waals surface area contributed by atoms with E-state index < -0.39 is 0 Å². The zero-order chi connectivity index (χ0) is 10.3. The van der Waals surface area contributed by atoms with Gasteiger partial charge in [-0.25, -0.2) is 0 Å². The van der Waals surface area contributed by atoms with E-state index in [0.717, 1.165) is 0 Å². The van der Waals surface area contributed by atoms with Crippen molar-refractivity contribution in [2.75, 3.05) is 0 Å². The van der Waals surface area contributed by atoms with Crippen LogP contribution in [-0.4, -0.2) is 4.75 Å². The molecule has 0 bridgehead atoms. The van der Waals surface area contributed by atoms with Crippen molar-refractivity contribution in [2.24, 2.45) is 11.3 Å². The van der Waals surface area contributed by atoms with E-state index in [1.807, 2.05) is 0 Å². The molecule has 0 saturated carbocycles. The minimum Gasteiger partial charge on any atom is -0.168 e. The Labute approximate surface area is 87.5 Å². The summed E-state index contributed by atoms with van der Waals surface area (Å²) < 4.78 is 0.0113. The van der Waals surface area contributed by atoms with Gasteiger partial charge in [-0.05, 0) is 18.3 Å². The summed E-state index contributed by atoms with van der Waals surface area (Å²) in [5, 5.41) is 0. The van der Waals surface area contributed by atoms with Crippen LogP contribution < -0.4 is 0 Å². The average Bonchev–Trinajstić information content (AvgIpc) is 1.92. The van der Waals surface area contributed by atoms with E-state index in [-0.39, 0.29) is 10.2 Å². The van der Waals surface area contributed by atoms with Crippen molar-refractivity contribution in [3.05, 3.63) is 23.8 Å². The topological polar surface area (TPSA) is 0 Å². The molecule has 2 unspecified atom stereocenters. The fourth-order valence-corrected chi connectivity index (χ4v) is 2.07. The summed E-state index contributed by atoms with van der Waals surface area (Å²) in [6.45, 7) is 11.2. The molecule has 0 saturated heterocycles. The molecule has 0 aliphatic heterocycles. The fourth-order valence-electron chi connectivity index (χ4n) is 1.85. The predicted octanol–water partition coefficient (Wildman–Crippen LogP) is 3.85. The third-order valence-electron chi connectivity index (χ3n) is 2.92. The Morgan fingerprint density at radius 2 is 1.92 bits per heavy atom. The number of thiol groups is 1. The van der Waals surface area contributed by atoms with Gasteiger partial charge in [-0.2, -0.15) is 12.6 Å². The first-order chi connectivity index (χ1) is 5.75. The molecule has 0 aromatic heterocycles. The maximum atomic E-state index is 4.68. The van der Waals surface area contributed by atoms with Crippen LogP contribution in [0, 0.1) is 11.3 Å². The molecule has 74 valence electrons. The Bertz CT molecular complexity index is 251. The Hall–Kier alpha value is -0.170. The first kappa shape index (κ1) is 10.9. The normalized spacial score (nSPS) is 34.6. The van der Waals surface area contributed by atoms with Crippen LogP contribution >= 0.6 is 12.6 Å². The Morgan fingerprint density at radius 3 is 2.31 bits per heavy atom. The van der Waals surface area contributed by atoms with Crippen LogP contribution in [0.2, 0.25) is 0 Å². The van der Waals surface area contributed by atoms with Gasteiger partial charge in [0.2, 0.25) is 0 Å². The summed E-state index contributed by atoms with van der Waals surface area (Å²) in [7, 11) is 0. The van der Waals surface area contributed by atoms with Gasteiger partial charge < -0.3 is 0 Å². The number of allylic oxidation sites excluding steroid dienone is 3.